The first-order valence-electron chi connectivity index (χ1n) is 9.28. The Hall–Kier alpha value is -3.33. The molecule has 0 aliphatic heterocycles. The molecule has 0 saturated carbocycles. The number of rotatable bonds is 4. The van der Waals surface area contributed by atoms with E-state index in [2.05, 4.69) is 4.98 Å². The van der Waals surface area contributed by atoms with Gasteiger partial charge < -0.3 is 5.73 Å². The number of hydrogen-bond acceptors (Lipinski definition) is 5. The zero-order valence-electron chi connectivity index (χ0n) is 17.1. The van der Waals surface area contributed by atoms with Crippen LogP contribution in [-0.2, 0) is 15.4 Å². The SMILES string of the molecule is C.CC(C)(C)c1ccc(C(=O)NS(=O)(=O)c2cccc(N)c2)c(-c2ccc(F)c(F)c2)n1. The van der Waals surface area contributed by atoms with Crippen molar-refractivity contribution in [2.24, 2.45) is 0 Å². The lowest BCUT2D eigenvalue weighted by molar-refractivity contribution is 0.0981. The largest absolute Gasteiger partial charge is 0.399 e. The maximum absolute atomic E-state index is 13.9. The Bertz CT molecular complexity index is 1270. The van der Waals surface area contributed by atoms with E-state index in [0.29, 0.717) is 5.69 Å². The molecule has 0 saturated heterocycles. The summed E-state index contributed by atoms with van der Waals surface area (Å²) in [5.41, 5.74) is 6.09. The van der Waals surface area contributed by atoms with Crippen molar-refractivity contribution in [3.63, 3.8) is 0 Å². The highest BCUT2D eigenvalue weighted by Gasteiger charge is 2.25. The lowest BCUT2D eigenvalue weighted by Crippen LogP contribution is -2.31. The summed E-state index contributed by atoms with van der Waals surface area (Å²) in [6.07, 6.45) is 0. The van der Waals surface area contributed by atoms with Crippen LogP contribution in [0.2, 0.25) is 0 Å². The Morgan fingerprint density at radius 3 is 2.28 bits per heavy atom. The van der Waals surface area contributed by atoms with Crippen molar-refractivity contribution in [1.29, 1.82) is 0 Å². The summed E-state index contributed by atoms with van der Waals surface area (Å²) in [7, 11) is -4.22. The highest BCUT2D eigenvalue weighted by Crippen LogP contribution is 2.28. The average Bonchev–Trinajstić information content (AvgIpc) is 2.68. The van der Waals surface area contributed by atoms with E-state index in [0.717, 1.165) is 12.1 Å². The van der Waals surface area contributed by atoms with Gasteiger partial charge in [0.25, 0.3) is 15.9 Å². The molecule has 9 heteroatoms. The van der Waals surface area contributed by atoms with Gasteiger partial charge in [-0.2, -0.15) is 0 Å². The molecule has 1 amide bonds. The number of pyridine rings is 1. The van der Waals surface area contributed by atoms with Gasteiger partial charge in [-0.3, -0.25) is 9.78 Å². The van der Waals surface area contributed by atoms with Crippen LogP contribution in [0.4, 0.5) is 14.5 Å². The van der Waals surface area contributed by atoms with Crippen LogP contribution in [0.15, 0.2) is 59.5 Å². The third-order valence-corrected chi connectivity index (χ3v) is 5.83. The van der Waals surface area contributed by atoms with E-state index in [1.165, 1.54) is 36.4 Å². The predicted octanol–water partition coefficient (Wildman–Crippen LogP) is 4.66. The van der Waals surface area contributed by atoms with Crippen LogP contribution < -0.4 is 10.5 Å². The van der Waals surface area contributed by atoms with E-state index in [4.69, 9.17) is 5.73 Å². The molecule has 3 N–H and O–H groups in total. The van der Waals surface area contributed by atoms with E-state index >= 15 is 0 Å². The summed E-state index contributed by atoms with van der Waals surface area (Å²) >= 11 is 0. The number of carbonyl (C=O) groups excluding carboxylic acids is 1. The molecule has 0 unspecified atom stereocenters. The predicted molar refractivity (Wildman–Crippen MR) is 121 cm³/mol. The molecule has 1 aromatic heterocycles. The van der Waals surface area contributed by atoms with Crippen LogP contribution in [0.25, 0.3) is 11.3 Å². The highest BCUT2D eigenvalue weighted by molar-refractivity contribution is 7.90. The fourth-order valence-electron chi connectivity index (χ4n) is 2.84. The lowest BCUT2D eigenvalue weighted by atomic mass is 9.90. The molecule has 2 aromatic carbocycles. The summed E-state index contributed by atoms with van der Waals surface area (Å²) in [5.74, 6) is -3.12. The number of aromatic nitrogens is 1. The molecule has 170 valence electrons. The third-order valence-electron chi connectivity index (χ3n) is 4.50. The number of anilines is 1. The summed E-state index contributed by atoms with van der Waals surface area (Å²) in [6.45, 7) is 5.69. The molecular weight excluding hydrogens is 436 g/mol. The van der Waals surface area contributed by atoms with Crippen molar-refractivity contribution in [1.82, 2.24) is 9.71 Å². The molecule has 0 bridgehead atoms. The van der Waals surface area contributed by atoms with Crippen LogP contribution in [0.3, 0.4) is 0 Å². The average molecular weight is 462 g/mol. The Morgan fingerprint density at radius 1 is 1.00 bits per heavy atom. The van der Waals surface area contributed by atoms with Gasteiger partial charge in [-0.1, -0.05) is 34.3 Å². The molecule has 1 heterocycles. The minimum Gasteiger partial charge on any atom is -0.399 e. The monoisotopic (exact) mass is 461 g/mol. The molecule has 3 rings (SSSR count). The third kappa shape index (κ3) is 5.28. The van der Waals surface area contributed by atoms with Crippen LogP contribution >= 0.6 is 0 Å². The first-order valence-corrected chi connectivity index (χ1v) is 10.8. The Morgan fingerprint density at radius 2 is 1.69 bits per heavy atom. The summed E-state index contributed by atoms with van der Waals surface area (Å²) < 4.78 is 54.5. The number of benzene rings is 2. The molecule has 3 aromatic rings. The molecule has 0 fully saturated rings. The van der Waals surface area contributed by atoms with Crippen molar-refractivity contribution in [3.05, 3.63) is 77.5 Å². The quantitative estimate of drug-likeness (QED) is 0.550. The summed E-state index contributed by atoms with van der Waals surface area (Å²) in [5, 5.41) is 0. The second-order valence-corrected chi connectivity index (χ2v) is 9.66. The highest BCUT2D eigenvalue weighted by atomic mass is 32.2. The minimum atomic E-state index is -4.22. The zero-order valence-corrected chi connectivity index (χ0v) is 17.9. The van der Waals surface area contributed by atoms with Crippen LogP contribution in [0.1, 0.15) is 44.2 Å². The normalized spacial score (nSPS) is 11.5. The van der Waals surface area contributed by atoms with E-state index in [9.17, 15) is 22.0 Å². The summed E-state index contributed by atoms with van der Waals surface area (Å²) in [6, 6.07) is 11.6. The van der Waals surface area contributed by atoms with Gasteiger partial charge in [0.2, 0.25) is 0 Å². The van der Waals surface area contributed by atoms with E-state index in [1.807, 2.05) is 25.5 Å². The van der Waals surface area contributed by atoms with Crippen molar-refractivity contribution in [2.45, 2.75) is 38.5 Å². The molecule has 0 aliphatic rings. The number of nitrogens with one attached hydrogen (secondary N) is 1. The van der Waals surface area contributed by atoms with Crippen molar-refractivity contribution in [3.8, 4) is 11.3 Å². The van der Waals surface area contributed by atoms with Gasteiger partial charge in [0.15, 0.2) is 11.6 Å². The molecule has 0 radical (unpaired) electrons. The molecular formula is C23H25F2N3O3S. The second kappa shape index (κ2) is 9.04. The fraction of sp³-hybridized carbons (Fsp3) is 0.217. The molecule has 0 aliphatic carbocycles. The van der Waals surface area contributed by atoms with Crippen molar-refractivity contribution < 1.29 is 22.0 Å². The van der Waals surface area contributed by atoms with Gasteiger partial charge in [0, 0.05) is 22.4 Å². The van der Waals surface area contributed by atoms with E-state index in [-0.39, 0.29) is 34.8 Å². The number of hydrogen-bond donors (Lipinski definition) is 2. The van der Waals surface area contributed by atoms with Crippen LogP contribution in [0.5, 0.6) is 0 Å². The van der Waals surface area contributed by atoms with Crippen LogP contribution in [-0.4, -0.2) is 19.3 Å². The number of halogens is 2. The number of carbonyl (C=O) groups is 1. The van der Waals surface area contributed by atoms with Gasteiger partial charge in [-0.05, 0) is 48.5 Å². The number of nitrogens with zero attached hydrogens (tertiary/aromatic N) is 1. The smallest absolute Gasteiger partial charge is 0.267 e. The second-order valence-electron chi connectivity index (χ2n) is 7.98. The first-order chi connectivity index (χ1) is 14.4. The van der Waals surface area contributed by atoms with Gasteiger partial charge in [-0.25, -0.2) is 21.9 Å². The maximum atomic E-state index is 13.9. The number of nitrogens with two attached hydrogens (primary N) is 1. The van der Waals surface area contributed by atoms with Gasteiger partial charge >= 0.3 is 0 Å². The summed E-state index contributed by atoms with van der Waals surface area (Å²) in [4.78, 5) is 17.2. The standard InChI is InChI=1S/C22H21F2N3O3S.CH4/c1-22(2,3)19-10-8-16(20(26-19)13-7-9-17(23)18(24)11-13)21(28)27-31(29,30)15-6-4-5-14(25)12-15;/h4-12H,25H2,1-3H3,(H,27,28);1H4. The van der Waals surface area contributed by atoms with Crippen molar-refractivity contribution in [2.75, 3.05) is 5.73 Å². The number of sulfonamides is 1. The number of amides is 1. The molecule has 0 atom stereocenters. The Balaban J connectivity index is 0.00000363. The number of nitrogen functional groups attached to an aromatic ring is 1. The first kappa shape index (κ1) is 24.9. The lowest BCUT2D eigenvalue weighted by Gasteiger charge is -2.20. The van der Waals surface area contributed by atoms with Crippen molar-refractivity contribution >= 4 is 21.6 Å². The molecule has 32 heavy (non-hydrogen) atoms. The van der Waals surface area contributed by atoms with E-state index in [1.54, 1.807) is 6.07 Å². The Kier molecular flexibility index (Phi) is 7.04. The van der Waals surface area contributed by atoms with E-state index < -0.39 is 33.0 Å². The Labute approximate surface area is 186 Å². The topological polar surface area (TPSA) is 102 Å². The molecule has 6 nitrogen and oxygen atoms in total. The van der Waals surface area contributed by atoms with Crippen LogP contribution in [0, 0.1) is 11.6 Å². The molecule has 0 spiro atoms. The fourth-order valence-corrected chi connectivity index (χ4v) is 3.86. The van der Waals surface area contributed by atoms with Gasteiger partial charge in [0.1, 0.15) is 0 Å². The van der Waals surface area contributed by atoms with Gasteiger partial charge in [0.05, 0.1) is 16.2 Å². The van der Waals surface area contributed by atoms with Gasteiger partial charge in [-0.15, -0.1) is 0 Å². The zero-order chi connectivity index (χ0) is 23.0. The maximum Gasteiger partial charge on any atom is 0.267 e. The minimum absolute atomic E-state index is 0.